The molecular formula is C18H25ClN2O. The molecule has 1 aromatic rings. The predicted octanol–water partition coefficient (Wildman–Crippen LogP) is 3.56. The molecule has 3 nitrogen and oxygen atoms in total. The molecule has 2 heterocycles. The van der Waals surface area contributed by atoms with Crippen molar-refractivity contribution < 1.29 is 4.79 Å². The summed E-state index contributed by atoms with van der Waals surface area (Å²) in [5.74, 6) is 0.442. The molecule has 1 amide bonds. The lowest BCUT2D eigenvalue weighted by molar-refractivity contribution is 0.0482. The van der Waals surface area contributed by atoms with Crippen LogP contribution in [0.15, 0.2) is 12.1 Å². The Morgan fingerprint density at radius 2 is 2.05 bits per heavy atom. The Kier molecular flexibility index (Phi) is 3.98. The van der Waals surface area contributed by atoms with E-state index >= 15 is 0 Å². The SMILES string of the molecule is CCc1cc(Cl)c2c(c1)[C@H]1CN(CC)CC1(CC)N(C)C2=O. The van der Waals surface area contributed by atoms with Crippen molar-refractivity contribution in [2.75, 3.05) is 26.7 Å². The van der Waals surface area contributed by atoms with Crippen LogP contribution in [0.5, 0.6) is 0 Å². The Bertz CT molecular complexity index is 615. The van der Waals surface area contributed by atoms with Crippen LogP contribution < -0.4 is 0 Å². The van der Waals surface area contributed by atoms with E-state index in [-0.39, 0.29) is 11.4 Å². The molecule has 1 fully saturated rings. The van der Waals surface area contributed by atoms with Crippen LogP contribution >= 0.6 is 11.6 Å². The fourth-order valence-corrected chi connectivity index (χ4v) is 4.64. The van der Waals surface area contributed by atoms with E-state index < -0.39 is 0 Å². The number of aryl methyl sites for hydroxylation is 1. The van der Waals surface area contributed by atoms with Crippen molar-refractivity contribution in [1.29, 1.82) is 0 Å². The highest BCUT2D eigenvalue weighted by Crippen LogP contribution is 2.48. The molecule has 0 aromatic heterocycles. The second-order valence-electron chi connectivity index (χ2n) is 6.60. The van der Waals surface area contributed by atoms with E-state index in [0.29, 0.717) is 10.9 Å². The molecule has 0 radical (unpaired) electrons. The first-order chi connectivity index (χ1) is 10.5. The van der Waals surface area contributed by atoms with Gasteiger partial charge < -0.3 is 9.80 Å². The van der Waals surface area contributed by atoms with Gasteiger partial charge in [0.2, 0.25) is 0 Å². The number of benzene rings is 1. The number of rotatable bonds is 3. The minimum atomic E-state index is -0.0875. The van der Waals surface area contributed by atoms with E-state index in [2.05, 4.69) is 31.7 Å². The van der Waals surface area contributed by atoms with Crippen molar-refractivity contribution in [2.45, 2.75) is 45.1 Å². The fraction of sp³-hybridized carbons (Fsp3) is 0.611. The van der Waals surface area contributed by atoms with Gasteiger partial charge in [0, 0.05) is 26.1 Å². The topological polar surface area (TPSA) is 23.6 Å². The van der Waals surface area contributed by atoms with Gasteiger partial charge in [-0.3, -0.25) is 4.79 Å². The van der Waals surface area contributed by atoms with Crippen LogP contribution in [0.2, 0.25) is 5.02 Å². The van der Waals surface area contributed by atoms with Gasteiger partial charge in [0.05, 0.1) is 16.1 Å². The minimum absolute atomic E-state index is 0.0821. The van der Waals surface area contributed by atoms with Crippen LogP contribution in [0.25, 0.3) is 0 Å². The van der Waals surface area contributed by atoms with Crippen LogP contribution in [0, 0.1) is 0 Å². The first kappa shape index (κ1) is 15.8. The third kappa shape index (κ3) is 2.02. The molecule has 3 rings (SSSR count). The summed E-state index contributed by atoms with van der Waals surface area (Å²) in [7, 11) is 1.95. The molecule has 120 valence electrons. The summed E-state index contributed by atoms with van der Waals surface area (Å²) in [4.78, 5) is 17.4. The number of likely N-dealkylation sites (tertiary alicyclic amines) is 1. The maximum Gasteiger partial charge on any atom is 0.255 e. The maximum absolute atomic E-state index is 13.0. The summed E-state index contributed by atoms with van der Waals surface area (Å²) in [6.45, 7) is 9.52. The Hall–Kier alpha value is -1.06. The van der Waals surface area contributed by atoms with Crippen LogP contribution in [-0.4, -0.2) is 47.9 Å². The van der Waals surface area contributed by atoms with E-state index in [1.54, 1.807) is 0 Å². The summed E-state index contributed by atoms with van der Waals surface area (Å²) >= 11 is 6.47. The molecule has 2 aliphatic rings. The summed E-state index contributed by atoms with van der Waals surface area (Å²) in [6.07, 6.45) is 1.92. The van der Waals surface area contributed by atoms with Crippen molar-refractivity contribution in [3.8, 4) is 0 Å². The molecule has 2 aliphatic heterocycles. The number of carbonyl (C=O) groups is 1. The van der Waals surface area contributed by atoms with E-state index in [4.69, 9.17) is 11.6 Å². The van der Waals surface area contributed by atoms with Gasteiger partial charge in [0.25, 0.3) is 5.91 Å². The monoisotopic (exact) mass is 320 g/mol. The smallest absolute Gasteiger partial charge is 0.255 e. The molecule has 1 saturated heterocycles. The number of likely N-dealkylation sites (N-methyl/N-ethyl adjacent to an activating group) is 2. The normalized spacial score (nSPS) is 28.0. The highest BCUT2D eigenvalue weighted by atomic mass is 35.5. The fourth-order valence-electron chi connectivity index (χ4n) is 4.31. The number of fused-ring (bicyclic) bond motifs is 3. The lowest BCUT2D eigenvalue weighted by Gasteiger charge is -2.47. The van der Waals surface area contributed by atoms with Gasteiger partial charge >= 0.3 is 0 Å². The second-order valence-corrected chi connectivity index (χ2v) is 7.00. The van der Waals surface area contributed by atoms with Gasteiger partial charge in [-0.05, 0) is 36.6 Å². The van der Waals surface area contributed by atoms with Crippen LogP contribution in [0.3, 0.4) is 0 Å². The zero-order valence-corrected chi connectivity index (χ0v) is 14.7. The van der Waals surface area contributed by atoms with Gasteiger partial charge in [0.15, 0.2) is 0 Å². The average Bonchev–Trinajstić information content (AvgIpc) is 2.92. The van der Waals surface area contributed by atoms with Gasteiger partial charge in [-0.15, -0.1) is 0 Å². The average molecular weight is 321 g/mol. The Morgan fingerprint density at radius 3 is 2.64 bits per heavy atom. The molecule has 0 N–H and O–H groups in total. The zero-order chi connectivity index (χ0) is 16.1. The quantitative estimate of drug-likeness (QED) is 0.850. The Balaban J connectivity index is 2.21. The van der Waals surface area contributed by atoms with E-state index in [1.165, 1.54) is 11.1 Å². The molecule has 22 heavy (non-hydrogen) atoms. The first-order valence-electron chi connectivity index (χ1n) is 8.31. The number of amides is 1. The largest absolute Gasteiger partial charge is 0.334 e. The van der Waals surface area contributed by atoms with Gasteiger partial charge in [-0.1, -0.05) is 38.4 Å². The summed E-state index contributed by atoms with van der Waals surface area (Å²) in [5, 5.41) is 0.617. The van der Waals surface area contributed by atoms with Gasteiger partial charge in [-0.25, -0.2) is 0 Å². The van der Waals surface area contributed by atoms with Crippen molar-refractivity contribution >= 4 is 17.5 Å². The maximum atomic E-state index is 13.0. The zero-order valence-electron chi connectivity index (χ0n) is 13.9. The summed E-state index contributed by atoms with van der Waals surface area (Å²) < 4.78 is 0. The second kappa shape index (κ2) is 5.54. The number of nitrogens with zero attached hydrogens (tertiary/aromatic N) is 2. The molecule has 0 spiro atoms. The van der Waals surface area contributed by atoms with Crippen molar-refractivity contribution in [3.05, 3.63) is 33.8 Å². The highest BCUT2D eigenvalue weighted by molar-refractivity contribution is 6.34. The van der Waals surface area contributed by atoms with Crippen molar-refractivity contribution in [3.63, 3.8) is 0 Å². The molecule has 1 aromatic carbocycles. The number of halogens is 1. The highest BCUT2D eigenvalue weighted by Gasteiger charge is 2.54. The van der Waals surface area contributed by atoms with Gasteiger partial charge in [0.1, 0.15) is 0 Å². The minimum Gasteiger partial charge on any atom is -0.334 e. The molecule has 4 heteroatoms. The first-order valence-corrected chi connectivity index (χ1v) is 8.69. The summed E-state index contributed by atoms with van der Waals surface area (Å²) in [5.41, 5.74) is 3.04. The standard InChI is InChI=1S/C18H25ClN2O/c1-5-12-8-13-14-10-21(7-3)11-18(14,6-2)20(4)17(22)16(13)15(19)9-12/h8-9,14H,5-7,10-11H2,1-4H3/t14-,18?/m1/s1. The van der Waals surface area contributed by atoms with Crippen molar-refractivity contribution in [2.24, 2.45) is 0 Å². The van der Waals surface area contributed by atoms with Crippen LogP contribution in [-0.2, 0) is 6.42 Å². The van der Waals surface area contributed by atoms with Crippen LogP contribution in [0.4, 0.5) is 0 Å². The Morgan fingerprint density at radius 1 is 1.32 bits per heavy atom. The molecule has 0 bridgehead atoms. The molecule has 2 atom stereocenters. The number of carbonyl (C=O) groups excluding carboxylic acids is 1. The lowest BCUT2D eigenvalue weighted by atomic mass is 9.73. The van der Waals surface area contributed by atoms with E-state index in [9.17, 15) is 4.79 Å². The molecule has 0 saturated carbocycles. The Labute approximate surface area is 138 Å². The number of hydrogen-bond acceptors (Lipinski definition) is 2. The molecule has 1 unspecified atom stereocenters. The van der Waals surface area contributed by atoms with Crippen molar-refractivity contribution in [1.82, 2.24) is 9.80 Å². The lowest BCUT2D eigenvalue weighted by Crippen LogP contribution is -2.57. The summed E-state index contributed by atoms with van der Waals surface area (Å²) in [6, 6.07) is 4.18. The third-order valence-corrected chi connectivity index (χ3v) is 6.10. The number of hydrogen-bond donors (Lipinski definition) is 0. The molecule has 0 aliphatic carbocycles. The third-order valence-electron chi connectivity index (χ3n) is 5.80. The molecular weight excluding hydrogens is 296 g/mol. The van der Waals surface area contributed by atoms with Crippen LogP contribution in [0.1, 0.15) is 54.6 Å². The predicted molar refractivity (Wildman–Crippen MR) is 90.8 cm³/mol. The van der Waals surface area contributed by atoms with Gasteiger partial charge in [-0.2, -0.15) is 0 Å². The van der Waals surface area contributed by atoms with E-state index in [1.807, 2.05) is 18.0 Å². The van der Waals surface area contributed by atoms with E-state index in [0.717, 1.165) is 38.0 Å².